The molecule has 1 heterocycles. The van der Waals surface area contributed by atoms with Gasteiger partial charge in [0.05, 0.1) is 10.6 Å². The summed E-state index contributed by atoms with van der Waals surface area (Å²) in [4.78, 5) is 43.7. The van der Waals surface area contributed by atoms with E-state index in [1.807, 2.05) is 0 Å². The van der Waals surface area contributed by atoms with Crippen LogP contribution >= 0.6 is 11.6 Å². The molecule has 0 aliphatic rings. The topological polar surface area (TPSA) is 122 Å². The second-order valence-corrected chi connectivity index (χ2v) is 8.34. The molecule has 3 amide bonds. The second-order valence-electron chi connectivity index (χ2n) is 7.94. The van der Waals surface area contributed by atoms with E-state index in [-0.39, 0.29) is 22.0 Å². The van der Waals surface area contributed by atoms with E-state index in [0.29, 0.717) is 17.9 Å². The molecule has 190 valence electrons. The number of aromatic nitrogens is 2. The molecule has 0 unspecified atom stereocenters. The monoisotopic (exact) mass is 514 g/mol. The first-order valence-electron chi connectivity index (χ1n) is 11.5. The van der Waals surface area contributed by atoms with Crippen LogP contribution < -0.4 is 16.4 Å². The minimum Gasteiger partial charge on any atom is -0.364 e. The van der Waals surface area contributed by atoms with Gasteiger partial charge in [0.1, 0.15) is 17.8 Å². The summed E-state index contributed by atoms with van der Waals surface area (Å²) in [6, 6.07) is 9.95. The Hall–Kier alpha value is -3.76. The van der Waals surface area contributed by atoms with E-state index < -0.39 is 23.5 Å². The number of hydrogen-bond donors (Lipinski definition) is 3. The lowest BCUT2D eigenvalue weighted by Crippen LogP contribution is -2.31. The van der Waals surface area contributed by atoms with E-state index in [1.54, 1.807) is 24.3 Å². The molecule has 0 fully saturated rings. The fourth-order valence-electron chi connectivity index (χ4n) is 3.65. The number of hydrogen-bond acceptors (Lipinski definition) is 5. The fraction of sp³-hybridized carbons (Fsp3) is 0.280. The van der Waals surface area contributed by atoms with Gasteiger partial charge < -0.3 is 21.3 Å². The average Bonchev–Trinajstić information content (AvgIpc) is 3.30. The maximum atomic E-state index is 13.2. The molecule has 36 heavy (non-hydrogen) atoms. The molecule has 0 saturated heterocycles. The molecule has 0 aliphatic heterocycles. The summed E-state index contributed by atoms with van der Waals surface area (Å²) in [7, 11) is 0. The average molecular weight is 515 g/mol. The first-order valence-corrected chi connectivity index (χ1v) is 11.9. The van der Waals surface area contributed by atoms with Crippen molar-refractivity contribution in [2.24, 2.45) is 5.73 Å². The van der Waals surface area contributed by atoms with E-state index >= 15 is 0 Å². The molecule has 9 nitrogen and oxygen atoms in total. The number of carbonyl (C=O) groups excluding carboxylic acids is 3. The molecule has 0 atom stereocenters. The Labute approximate surface area is 213 Å². The molecule has 0 bridgehead atoms. The number of nitrogens with one attached hydrogen (secondary N) is 2. The highest BCUT2D eigenvalue weighted by Gasteiger charge is 2.23. The van der Waals surface area contributed by atoms with Crippen LogP contribution in [0.15, 0.2) is 48.8 Å². The highest BCUT2D eigenvalue weighted by Crippen LogP contribution is 2.21. The summed E-state index contributed by atoms with van der Waals surface area (Å²) in [6.45, 7) is 7.31. The van der Waals surface area contributed by atoms with Crippen molar-refractivity contribution in [1.29, 1.82) is 0 Å². The van der Waals surface area contributed by atoms with E-state index in [0.717, 1.165) is 38.2 Å². The highest BCUT2D eigenvalue weighted by molar-refractivity contribution is 6.34. The maximum Gasteiger partial charge on any atom is 0.272 e. The molecule has 0 saturated carbocycles. The fourth-order valence-corrected chi connectivity index (χ4v) is 3.90. The van der Waals surface area contributed by atoms with Gasteiger partial charge in [-0.05, 0) is 68.5 Å². The van der Waals surface area contributed by atoms with E-state index in [1.165, 1.54) is 17.0 Å². The number of carbonyl (C=O) groups is 3. The number of imidazole rings is 1. The molecule has 0 spiro atoms. The van der Waals surface area contributed by atoms with Gasteiger partial charge in [-0.2, -0.15) is 0 Å². The Morgan fingerprint density at radius 1 is 1.08 bits per heavy atom. The van der Waals surface area contributed by atoms with Crippen molar-refractivity contribution < 1.29 is 18.8 Å². The Morgan fingerprint density at radius 3 is 2.39 bits per heavy atom. The van der Waals surface area contributed by atoms with Gasteiger partial charge >= 0.3 is 0 Å². The van der Waals surface area contributed by atoms with Crippen LogP contribution in [0, 0.1) is 5.82 Å². The Balaban J connectivity index is 1.71. The van der Waals surface area contributed by atoms with Crippen LogP contribution in [-0.2, 0) is 0 Å². The Morgan fingerprint density at radius 2 is 1.78 bits per heavy atom. The lowest BCUT2D eigenvalue weighted by molar-refractivity contribution is 0.0928. The minimum atomic E-state index is -0.802. The molecule has 0 radical (unpaired) electrons. The molecule has 3 aromatic rings. The molecule has 4 N–H and O–H groups in total. The molecule has 0 aliphatic carbocycles. The molecule has 2 aromatic carbocycles. The van der Waals surface area contributed by atoms with Crippen molar-refractivity contribution in [1.82, 2.24) is 19.8 Å². The predicted octanol–water partition coefficient (Wildman–Crippen LogP) is 3.48. The standard InChI is InChI=1S/C25H28ClFN6O3/c1-3-32(4-2)13-5-12-29-25(36)21-22(23(28)34)33(15-30-21)18-9-7-17(8-10-18)31-24(35)19-11-6-16(27)14-20(19)26/h6-11,14-15H,3-5,12-13H2,1-2H3,(H2,28,34)(H,29,36)(H,31,35). The number of halogens is 2. The van der Waals surface area contributed by atoms with Crippen LogP contribution in [0.3, 0.4) is 0 Å². The smallest absolute Gasteiger partial charge is 0.272 e. The number of primary amides is 1. The summed E-state index contributed by atoms with van der Waals surface area (Å²) in [5.74, 6) is -2.33. The van der Waals surface area contributed by atoms with E-state index in [9.17, 15) is 18.8 Å². The molecule has 3 rings (SSSR count). The van der Waals surface area contributed by atoms with Crippen LogP contribution in [0.4, 0.5) is 10.1 Å². The predicted molar refractivity (Wildman–Crippen MR) is 136 cm³/mol. The lowest BCUT2D eigenvalue weighted by Gasteiger charge is -2.17. The first-order chi connectivity index (χ1) is 17.2. The summed E-state index contributed by atoms with van der Waals surface area (Å²) < 4.78 is 14.6. The third-order valence-corrected chi connectivity index (χ3v) is 5.94. The second kappa shape index (κ2) is 12.3. The zero-order valence-electron chi connectivity index (χ0n) is 20.1. The van der Waals surface area contributed by atoms with Crippen LogP contribution in [0.5, 0.6) is 0 Å². The van der Waals surface area contributed by atoms with Crippen LogP contribution in [0.1, 0.15) is 51.6 Å². The molecular weight excluding hydrogens is 487 g/mol. The van der Waals surface area contributed by atoms with Crippen LogP contribution in [0.25, 0.3) is 5.69 Å². The van der Waals surface area contributed by atoms with Crippen molar-refractivity contribution in [2.45, 2.75) is 20.3 Å². The molecular formula is C25H28ClFN6O3. The number of anilines is 1. The highest BCUT2D eigenvalue weighted by atomic mass is 35.5. The SMILES string of the molecule is CCN(CC)CCCNC(=O)c1ncn(-c2ccc(NC(=O)c3ccc(F)cc3Cl)cc2)c1C(N)=O. The Kier molecular flexibility index (Phi) is 9.15. The zero-order valence-corrected chi connectivity index (χ0v) is 20.8. The third-order valence-electron chi connectivity index (χ3n) is 5.63. The number of benzene rings is 2. The minimum absolute atomic E-state index is 0.00695. The van der Waals surface area contributed by atoms with Crippen LogP contribution in [-0.4, -0.2) is 58.4 Å². The van der Waals surface area contributed by atoms with Crippen molar-refractivity contribution in [3.05, 3.63) is 76.6 Å². The van der Waals surface area contributed by atoms with Crippen molar-refractivity contribution in [3.63, 3.8) is 0 Å². The number of amides is 3. The lowest BCUT2D eigenvalue weighted by atomic mass is 10.2. The summed E-state index contributed by atoms with van der Waals surface area (Å²) >= 11 is 5.95. The number of nitrogens with two attached hydrogens (primary N) is 1. The summed E-state index contributed by atoms with van der Waals surface area (Å²) in [6.07, 6.45) is 2.10. The quantitative estimate of drug-likeness (QED) is 0.338. The largest absolute Gasteiger partial charge is 0.364 e. The molecule has 1 aromatic heterocycles. The maximum absolute atomic E-state index is 13.2. The molecule has 11 heteroatoms. The first kappa shape index (κ1) is 26.8. The number of rotatable bonds is 11. The van der Waals surface area contributed by atoms with Gasteiger partial charge in [0.2, 0.25) is 0 Å². The van der Waals surface area contributed by atoms with Gasteiger partial charge in [0.15, 0.2) is 5.69 Å². The summed E-state index contributed by atoms with van der Waals surface area (Å²) in [5, 5.41) is 5.45. The van der Waals surface area contributed by atoms with Crippen molar-refractivity contribution >= 4 is 35.0 Å². The van der Waals surface area contributed by atoms with E-state index in [2.05, 4.69) is 34.4 Å². The third kappa shape index (κ3) is 6.46. The number of nitrogens with zero attached hydrogens (tertiary/aromatic N) is 3. The van der Waals surface area contributed by atoms with Gasteiger partial charge in [-0.3, -0.25) is 19.0 Å². The van der Waals surface area contributed by atoms with Gasteiger partial charge in [-0.25, -0.2) is 9.37 Å². The van der Waals surface area contributed by atoms with Gasteiger partial charge in [-0.15, -0.1) is 0 Å². The normalized spacial score (nSPS) is 10.9. The van der Waals surface area contributed by atoms with Gasteiger partial charge in [0, 0.05) is 17.9 Å². The van der Waals surface area contributed by atoms with E-state index in [4.69, 9.17) is 17.3 Å². The zero-order chi connectivity index (χ0) is 26.2. The van der Waals surface area contributed by atoms with Crippen molar-refractivity contribution in [2.75, 3.05) is 31.5 Å². The Bertz CT molecular complexity index is 1240. The van der Waals surface area contributed by atoms with Gasteiger partial charge in [0.25, 0.3) is 17.7 Å². The van der Waals surface area contributed by atoms with Crippen LogP contribution in [0.2, 0.25) is 5.02 Å². The van der Waals surface area contributed by atoms with Gasteiger partial charge in [-0.1, -0.05) is 25.4 Å². The van der Waals surface area contributed by atoms with Crippen molar-refractivity contribution in [3.8, 4) is 5.69 Å². The summed E-state index contributed by atoms with van der Waals surface area (Å²) in [5.41, 5.74) is 6.53.